The maximum atomic E-state index is 12.7. The van der Waals surface area contributed by atoms with Crippen LogP contribution in [0, 0.1) is 13.8 Å². The highest BCUT2D eigenvalue weighted by atomic mass is 79.9. The van der Waals surface area contributed by atoms with Crippen LogP contribution in [-0.2, 0) is 0 Å². The summed E-state index contributed by atoms with van der Waals surface area (Å²) in [6.07, 6.45) is 0. The van der Waals surface area contributed by atoms with Gasteiger partial charge in [-0.25, -0.2) is 0 Å². The molecule has 0 unspecified atom stereocenters. The third kappa shape index (κ3) is 2.64. The van der Waals surface area contributed by atoms with Crippen molar-refractivity contribution in [1.29, 1.82) is 0 Å². The fourth-order valence-corrected chi connectivity index (χ4v) is 4.00. The van der Waals surface area contributed by atoms with Crippen LogP contribution in [0.15, 0.2) is 26.5 Å². The number of ether oxygens (including phenoxy) is 1. The van der Waals surface area contributed by atoms with E-state index in [0.717, 1.165) is 20.1 Å². The van der Waals surface area contributed by atoms with Crippen molar-refractivity contribution in [2.45, 2.75) is 13.8 Å². The molecule has 0 bridgehead atoms. The molecule has 1 aromatic carbocycles. The molecular formula is C14H12Br2O2S. The Kier molecular flexibility index (Phi) is 4.48. The Morgan fingerprint density at radius 1 is 1.26 bits per heavy atom. The summed E-state index contributed by atoms with van der Waals surface area (Å²) in [6.45, 7) is 3.85. The molecule has 0 fully saturated rings. The SMILES string of the molecule is COc1c(C)cc(Br)c(C)c1C(=O)c1sccc1Br. The van der Waals surface area contributed by atoms with Crippen molar-refractivity contribution in [3.63, 3.8) is 0 Å². The quantitative estimate of drug-likeness (QED) is 0.664. The highest BCUT2D eigenvalue weighted by Crippen LogP contribution is 2.36. The summed E-state index contributed by atoms with van der Waals surface area (Å²) < 4.78 is 7.16. The lowest BCUT2D eigenvalue weighted by atomic mass is 9.99. The van der Waals surface area contributed by atoms with Crippen molar-refractivity contribution < 1.29 is 9.53 Å². The Bertz CT molecular complexity index is 647. The predicted octanol–water partition coefficient (Wildman–Crippen LogP) is 5.13. The molecule has 19 heavy (non-hydrogen) atoms. The topological polar surface area (TPSA) is 26.3 Å². The van der Waals surface area contributed by atoms with Gasteiger partial charge in [0.25, 0.3) is 0 Å². The summed E-state index contributed by atoms with van der Waals surface area (Å²) >= 11 is 8.33. The van der Waals surface area contributed by atoms with Crippen molar-refractivity contribution in [3.05, 3.63) is 48.0 Å². The van der Waals surface area contributed by atoms with Crippen molar-refractivity contribution in [2.24, 2.45) is 0 Å². The van der Waals surface area contributed by atoms with E-state index in [1.54, 1.807) is 7.11 Å². The van der Waals surface area contributed by atoms with Gasteiger partial charge in [-0.3, -0.25) is 4.79 Å². The van der Waals surface area contributed by atoms with Gasteiger partial charge >= 0.3 is 0 Å². The van der Waals surface area contributed by atoms with Crippen molar-refractivity contribution >= 4 is 49.0 Å². The number of rotatable bonds is 3. The minimum absolute atomic E-state index is 0.0133. The second-order valence-corrected chi connectivity index (χ2v) is 6.76. The number of methoxy groups -OCH3 is 1. The van der Waals surface area contributed by atoms with Crippen LogP contribution in [0.25, 0.3) is 0 Å². The molecule has 2 rings (SSSR count). The number of carbonyl (C=O) groups excluding carboxylic acids is 1. The summed E-state index contributed by atoms with van der Waals surface area (Å²) in [5.41, 5.74) is 2.46. The van der Waals surface area contributed by atoms with E-state index in [0.29, 0.717) is 16.2 Å². The van der Waals surface area contributed by atoms with Crippen LogP contribution in [0.5, 0.6) is 5.75 Å². The molecule has 0 aliphatic heterocycles. The van der Waals surface area contributed by atoms with E-state index >= 15 is 0 Å². The zero-order valence-corrected chi connectivity index (χ0v) is 14.7. The zero-order chi connectivity index (χ0) is 14.2. The number of halogens is 2. The molecule has 100 valence electrons. The number of benzene rings is 1. The summed E-state index contributed by atoms with van der Waals surface area (Å²) in [5, 5.41) is 1.89. The van der Waals surface area contributed by atoms with E-state index in [4.69, 9.17) is 4.74 Å². The fraction of sp³-hybridized carbons (Fsp3) is 0.214. The van der Waals surface area contributed by atoms with Gasteiger partial charge in [-0.2, -0.15) is 0 Å². The Morgan fingerprint density at radius 2 is 1.95 bits per heavy atom. The third-order valence-electron chi connectivity index (χ3n) is 2.92. The highest BCUT2D eigenvalue weighted by molar-refractivity contribution is 9.10. The fourth-order valence-electron chi connectivity index (χ4n) is 1.96. The van der Waals surface area contributed by atoms with Gasteiger partial charge < -0.3 is 4.74 Å². The minimum Gasteiger partial charge on any atom is -0.496 e. The first-order valence-electron chi connectivity index (χ1n) is 5.58. The lowest BCUT2D eigenvalue weighted by molar-refractivity contribution is 0.103. The molecule has 1 aromatic heterocycles. The average Bonchev–Trinajstić information content (AvgIpc) is 2.79. The van der Waals surface area contributed by atoms with Crippen LogP contribution in [0.1, 0.15) is 26.4 Å². The summed E-state index contributed by atoms with van der Waals surface area (Å²) in [6, 6.07) is 3.85. The van der Waals surface area contributed by atoms with Crippen LogP contribution >= 0.6 is 43.2 Å². The van der Waals surface area contributed by atoms with Crippen LogP contribution in [0.2, 0.25) is 0 Å². The number of carbonyl (C=O) groups is 1. The summed E-state index contributed by atoms with van der Waals surface area (Å²) in [5.74, 6) is 0.631. The van der Waals surface area contributed by atoms with E-state index in [9.17, 15) is 4.79 Å². The molecule has 1 heterocycles. The zero-order valence-electron chi connectivity index (χ0n) is 10.7. The molecule has 0 aliphatic carbocycles. The van der Waals surface area contributed by atoms with Crippen LogP contribution in [-0.4, -0.2) is 12.9 Å². The lowest BCUT2D eigenvalue weighted by Gasteiger charge is -2.14. The molecule has 0 spiro atoms. The van der Waals surface area contributed by atoms with E-state index in [-0.39, 0.29) is 5.78 Å². The lowest BCUT2D eigenvalue weighted by Crippen LogP contribution is -2.07. The van der Waals surface area contributed by atoms with Crippen LogP contribution < -0.4 is 4.74 Å². The number of hydrogen-bond donors (Lipinski definition) is 0. The Hall–Kier alpha value is -0.650. The van der Waals surface area contributed by atoms with Gasteiger partial charge in [-0.15, -0.1) is 11.3 Å². The average molecular weight is 404 g/mol. The molecule has 0 amide bonds. The Balaban J connectivity index is 2.68. The molecule has 0 saturated carbocycles. The van der Waals surface area contributed by atoms with Gasteiger partial charge in [0.15, 0.2) is 0 Å². The van der Waals surface area contributed by atoms with Crippen LogP contribution in [0.4, 0.5) is 0 Å². The van der Waals surface area contributed by atoms with Crippen molar-refractivity contribution in [1.82, 2.24) is 0 Å². The molecule has 0 N–H and O–H groups in total. The normalized spacial score (nSPS) is 10.6. The van der Waals surface area contributed by atoms with Gasteiger partial charge in [0.2, 0.25) is 5.78 Å². The van der Waals surface area contributed by atoms with E-state index in [1.165, 1.54) is 11.3 Å². The van der Waals surface area contributed by atoms with Gasteiger partial charge in [-0.1, -0.05) is 15.9 Å². The first kappa shape index (κ1) is 14.8. The molecule has 2 nitrogen and oxygen atoms in total. The van der Waals surface area contributed by atoms with Gasteiger partial charge in [-0.05, 0) is 58.4 Å². The van der Waals surface area contributed by atoms with Crippen molar-refractivity contribution in [2.75, 3.05) is 7.11 Å². The second-order valence-electron chi connectivity index (χ2n) is 4.14. The molecule has 0 saturated heterocycles. The number of hydrogen-bond acceptors (Lipinski definition) is 3. The summed E-state index contributed by atoms with van der Waals surface area (Å²) in [4.78, 5) is 13.4. The van der Waals surface area contributed by atoms with E-state index in [1.807, 2.05) is 31.4 Å². The largest absolute Gasteiger partial charge is 0.496 e. The number of thiophene rings is 1. The monoisotopic (exact) mass is 402 g/mol. The van der Waals surface area contributed by atoms with Crippen LogP contribution in [0.3, 0.4) is 0 Å². The molecule has 5 heteroatoms. The van der Waals surface area contributed by atoms with Gasteiger partial charge in [0.05, 0.1) is 17.6 Å². The first-order chi connectivity index (χ1) is 8.97. The molecular weight excluding hydrogens is 392 g/mol. The maximum Gasteiger partial charge on any atom is 0.208 e. The van der Waals surface area contributed by atoms with Gasteiger partial charge in [0, 0.05) is 8.95 Å². The second kappa shape index (κ2) is 5.77. The van der Waals surface area contributed by atoms with E-state index in [2.05, 4.69) is 31.9 Å². The maximum absolute atomic E-state index is 12.7. The molecule has 0 atom stereocenters. The first-order valence-corrected chi connectivity index (χ1v) is 8.05. The highest BCUT2D eigenvalue weighted by Gasteiger charge is 2.23. The van der Waals surface area contributed by atoms with Crippen molar-refractivity contribution in [3.8, 4) is 5.75 Å². The molecule has 2 aromatic rings. The minimum atomic E-state index is -0.0133. The molecule has 0 radical (unpaired) electrons. The Morgan fingerprint density at radius 3 is 2.47 bits per heavy atom. The standard InChI is InChI=1S/C14H12Br2O2S/c1-7-6-10(16)8(2)11(13(7)18-3)12(17)14-9(15)4-5-19-14/h4-6H,1-3H3. The third-order valence-corrected chi connectivity index (χ3v) is 5.58. The number of ketones is 1. The van der Waals surface area contributed by atoms with E-state index < -0.39 is 0 Å². The molecule has 0 aliphatic rings. The smallest absolute Gasteiger partial charge is 0.208 e. The summed E-state index contributed by atoms with van der Waals surface area (Å²) in [7, 11) is 1.59. The number of aryl methyl sites for hydroxylation is 1. The van der Waals surface area contributed by atoms with Gasteiger partial charge in [0.1, 0.15) is 5.75 Å². The predicted molar refractivity (Wildman–Crippen MR) is 85.6 cm³/mol. The Labute approximate surface area is 133 Å².